The fourth-order valence-corrected chi connectivity index (χ4v) is 1.28. The smallest absolute Gasteiger partial charge is 0.208 e. The number of hydrogen-bond donors (Lipinski definition) is 3. The highest BCUT2D eigenvalue weighted by Gasteiger charge is 1.97. The largest absolute Gasteiger partial charge is 0.370 e. The third-order valence-corrected chi connectivity index (χ3v) is 2.14. The van der Waals surface area contributed by atoms with Gasteiger partial charge in [-0.1, -0.05) is 6.08 Å². The van der Waals surface area contributed by atoms with Crippen LogP contribution in [0.15, 0.2) is 17.6 Å². The number of hydrogen-bond acceptors (Lipinski definition) is 3. The molecule has 15 heavy (non-hydrogen) atoms. The first-order valence-corrected chi connectivity index (χ1v) is 6.44. The molecular weight excluding hydrogens is 216 g/mol. The van der Waals surface area contributed by atoms with Crippen molar-refractivity contribution in [3.05, 3.63) is 12.7 Å². The Morgan fingerprint density at radius 2 is 2.27 bits per heavy atom. The van der Waals surface area contributed by atoms with E-state index in [2.05, 4.69) is 21.6 Å². The second-order valence-electron chi connectivity index (χ2n) is 2.96. The van der Waals surface area contributed by atoms with Gasteiger partial charge in [-0.3, -0.25) is 4.99 Å². The van der Waals surface area contributed by atoms with E-state index in [-0.39, 0.29) is 0 Å². The Kier molecular flexibility index (Phi) is 6.72. The molecule has 0 saturated heterocycles. The van der Waals surface area contributed by atoms with Crippen molar-refractivity contribution in [3.8, 4) is 0 Å². The van der Waals surface area contributed by atoms with Crippen LogP contribution in [0.25, 0.3) is 0 Å². The molecule has 88 valence electrons. The van der Waals surface area contributed by atoms with Crippen LogP contribution < -0.4 is 15.8 Å². The van der Waals surface area contributed by atoms with Crippen molar-refractivity contribution in [3.63, 3.8) is 0 Å². The SMILES string of the molecule is C=CCNC(N)=NCCCNS(C)(=O)=O. The van der Waals surface area contributed by atoms with Crippen molar-refractivity contribution >= 4 is 16.0 Å². The molecule has 0 aliphatic carbocycles. The van der Waals surface area contributed by atoms with Gasteiger partial charge in [0.1, 0.15) is 0 Å². The summed E-state index contributed by atoms with van der Waals surface area (Å²) in [7, 11) is -3.10. The molecule has 0 atom stereocenters. The zero-order valence-electron chi connectivity index (χ0n) is 8.86. The van der Waals surface area contributed by atoms with E-state index in [9.17, 15) is 8.42 Å². The highest BCUT2D eigenvalue weighted by molar-refractivity contribution is 7.88. The number of sulfonamides is 1. The zero-order chi connectivity index (χ0) is 11.7. The Morgan fingerprint density at radius 3 is 2.80 bits per heavy atom. The summed E-state index contributed by atoms with van der Waals surface area (Å²) < 4.78 is 23.7. The van der Waals surface area contributed by atoms with Gasteiger partial charge in [0.25, 0.3) is 0 Å². The molecule has 4 N–H and O–H groups in total. The van der Waals surface area contributed by atoms with E-state index in [1.165, 1.54) is 0 Å². The minimum atomic E-state index is -3.10. The molecule has 6 nitrogen and oxygen atoms in total. The van der Waals surface area contributed by atoms with Gasteiger partial charge in [0.2, 0.25) is 10.0 Å². The van der Waals surface area contributed by atoms with Gasteiger partial charge in [-0.25, -0.2) is 13.1 Å². The highest BCUT2D eigenvalue weighted by Crippen LogP contribution is 1.81. The van der Waals surface area contributed by atoms with Crippen LogP contribution in [0.5, 0.6) is 0 Å². The first-order valence-electron chi connectivity index (χ1n) is 4.55. The normalized spacial score (nSPS) is 12.5. The molecule has 0 rings (SSSR count). The first-order chi connectivity index (χ1) is 6.95. The molecule has 0 aromatic rings. The number of aliphatic imine (C=N–C) groups is 1. The summed E-state index contributed by atoms with van der Waals surface area (Å²) in [6.45, 7) is 4.94. The number of guanidine groups is 1. The van der Waals surface area contributed by atoms with Gasteiger partial charge in [-0.2, -0.15) is 0 Å². The summed E-state index contributed by atoms with van der Waals surface area (Å²) in [5.41, 5.74) is 5.48. The van der Waals surface area contributed by atoms with Crippen molar-refractivity contribution < 1.29 is 8.42 Å². The second-order valence-corrected chi connectivity index (χ2v) is 4.79. The predicted octanol–water partition coefficient (Wildman–Crippen LogP) is -0.984. The van der Waals surface area contributed by atoms with Gasteiger partial charge < -0.3 is 11.1 Å². The molecule has 0 unspecified atom stereocenters. The van der Waals surface area contributed by atoms with Gasteiger partial charge in [-0.15, -0.1) is 6.58 Å². The van der Waals surface area contributed by atoms with Crippen LogP contribution in [0.3, 0.4) is 0 Å². The first kappa shape index (κ1) is 13.9. The molecule has 0 heterocycles. The molecule has 0 radical (unpaired) electrons. The van der Waals surface area contributed by atoms with Crippen molar-refractivity contribution in [1.82, 2.24) is 10.0 Å². The van der Waals surface area contributed by atoms with E-state index >= 15 is 0 Å². The monoisotopic (exact) mass is 234 g/mol. The molecule has 0 aliphatic rings. The van der Waals surface area contributed by atoms with Crippen LogP contribution in [0.2, 0.25) is 0 Å². The topological polar surface area (TPSA) is 96.6 Å². The summed E-state index contributed by atoms with van der Waals surface area (Å²) in [6, 6.07) is 0. The number of rotatable bonds is 7. The molecule has 0 aromatic carbocycles. The molecule has 0 aromatic heterocycles. The van der Waals surface area contributed by atoms with Gasteiger partial charge in [0.15, 0.2) is 5.96 Å². The third-order valence-electron chi connectivity index (χ3n) is 1.41. The highest BCUT2D eigenvalue weighted by atomic mass is 32.2. The Labute approximate surface area is 90.7 Å². The van der Waals surface area contributed by atoms with Crippen molar-refractivity contribution in [1.29, 1.82) is 0 Å². The lowest BCUT2D eigenvalue weighted by atomic mass is 10.4. The molecule has 0 amide bonds. The zero-order valence-corrected chi connectivity index (χ0v) is 9.68. The van der Waals surface area contributed by atoms with Gasteiger partial charge in [-0.05, 0) is 6.42 Å². The Bertz CT molecular complexity index is 311. The van der Waals surface area contributed by atoms with E-state index in [1.54, 1.807) is 6.08 Å². The van der Waals surface area contributed by atoms with E-state index in [4.69, 9.17) is 5.73 Å². The van der Waals surface area contributed by atoms with Gasteiger partial charge in [0.05, 0.1) is 6.26 Å². The van der Waals surface area contributed by atoms with E-state index < -0.39 is 10.0 Å². The lowest BCUT2D eigenvalue weighted by molar-refractivity contribution is 0.586. The fraction of sp³-hybridized carbons (Fsp3) is 0.625. The quantitative estimate of drug-likeness (QED) is 0.228. The van der Waals surface area contributed by atoms with E-state index in [1.807, 2.05) is 0 Å². The Morgan fingerprint density at radius 1 is 1.60 bits per heavy atom. The number of nitrogens with one attached hydrogen (secondary N) is 2. The Balaban J connectivity index is 3.56. The average Bonchev–Trinajstić information content (AvgIpc) is 2.12. The average molecular weight is 234 g/mol. The maximum atomic E-state index is 10.7. The lowest BCUT2D eigenvalue weighted by Crippen LogP contribution is -2.32. The molecule has 0 bridgehead atoms. The standard InChI is InChI=1S/C8H18N4O2S/c1-3-5-10-8(9)11-6-4-7-12-15(2,13)14/h3,12H,1,4-7H2,2H3,(H3,9,10,11). The van der Waals surface area contributed by atoms with Crippen LogP contribution >= 0.6 is 0 Å². The van der Waals surface area contributed by atoms with Crippen LogP contribution in [-0.2, 0) is 10.0 Å². The van der Waals surface area contributed by atoms with Gasteiger partial charge >= 0.3 is 0 Å². The molecule has 0 fully saturated rings. The summed E-state index contributed by atoms with van der Waals surface area (Å²) in [6.07, 6.45) is 3.41. The summed E-state index contributed by atoms with van der Waals surface area (Å²) in [5, 5.41) is 2.81. The third kappa shape index (κ3) is 10.8. The molecule has 0 saturated carbocycles. The fourth-order valence-electron chi connectivity index (χ4n) is 0.769. The second kappa shape index (κ2) is 7.24. The van der Waals surface area contributed by atoms with Crippen molar-refractivity contribution in [2.24, 2.45) is 10.7 Å². The minimum Gasteiger partial charge on any atom is -0.370 e. The van der Waals surface area contributed by atoms with E-state index in [0.717, 1.165) is 6.26 Å². The summed E-state index contributed by atoms with van der Waals surface area (Å²) in [4.78, 5) is 3.98. The lowest BCUT2D eigenvalue weighted by Gasteiger charge is -2.02. The molecular formula is C8H18N4O2S. The maximum Gasteiger partial charge on any atom is 0.208 e. The van der Waals surface area contributed by atoms with Crippen molar-refractivity contribution in [2.75, 3.05) is 25.9 Å². The summed E-state index contributed by atoms with van der Waals surface area (Å²) >= 11 is 0. The predicted molar refractivity (Wildman–Crippen MR) is 62.2 cm³/mol. The van der Waals surface area contributed by atoms with Gasteiger partial charge in [0, 0.05) is 19.6 Å². The number of nitrogens with two attached hydrogens (primary N) is 1. The van der Waals surface area contributed by atoms with Crippen LogP contribution in [0.1, 0.15) is 6.42 Å². The van der Waals surface area contributed by atoms with Crippen LogP contribution in [0, 0.1) is 0 Å². The molecule has 7 heteroatoms. The van der Waals surface area contributed by atoms with Crippen LogP contribution in [-0.4, -0.2) is 40.3 Å². The molecule has 0 spiro atoms. The van der Waals surface area contributed by atoms with E-state index in [0.29, 0.717) is 32.0 Å². The molecule has 0 aliphatic heterocycles. The van der Waals surface area contributed by atoms with Crippen LogP contribution in [0.4, 0.5) is 0 Å². The Hall–Kier alpha value is -1.08. The number of nitrogens with zero attached hydrogens (tertiary/aromatic N) is 1. The summed E-state index contributed by atoms with van der Waals surface area (Å²) in [5.74, 6) is 0.342. The van der Waals surface area contributed by atoms with Crippen molar-refractivity contribution in [2.45, 2.75) is 6.42 Å². The minimum absolute atomic E-state index is 0.342. The maximum absolute atomic E-state index is 10.7.